The number of aliphatic hydroxyl groups is 1. The summed E-state index contributed by atoms with van der Waals surface area (Å²) in [7, 11) is 0. The lowest BCUT2D eigenvalue weighted by molar-refractivity contribution is 0.0696. The quantitative estimate of drug-likeness (QED) is 0.643. The van der Waals surface area contributed by atoms with Gasteiger partial charge in [0.15, 0.2) is 5.82 Å². The van der Waals surface area contributed by atoms with Crippen molar-refractivity contribution in [3.8, 4) is 0 Å². The van der Waals surface area contributed by atoms with Crippen molar-refractivity contribution in [1.82, 2.24) is 9.97 Å². The fourth-order valence-electron chi connectivity index (χ4n) is 1.52. The van der Waals surface area contributed by atoms with Crippen LogP contribution in [-0.2, 0) is 11.3 Å². The Morgan fingerprint density at radius 2 is 1.85 bits per heavy atom. The van der Waals surface area contributed by atoms with Crippen LogP contribution >= 0.6 is 0 Å². The van der Waals surface area contributed by atoms with Crippen molar-refractivity contribution < 1.29 is 9.84 Å². The molecule has 0 spiro atoms. The molecule has 0 radical (unpaired) electrons. The molecule has 1 atom stereocenters. The van der Waals surface area contributed by atoms with Gasteiger partial charge in [0.05, 0.1) is 5.60 Å². The highest BCUT2D eigenvalue weighted by Gasteiger charge is 2.17. The number of ether oxygens (including phenoxy) is 1. The molecule has 0 amide bonds. The van der Waals surface area contributed by atoms with Gasteiger partial charge in [-0.3, -0.25) is 0 Å². The first-order valence-corrected chi connectivity index (χ1v) is 7.16. The van der Waals surface area contributed by atoms with Gasteiger partial charge < -0.3 is 20.5 Å². The third-order valence-electron chi connectivity index (χ3n) is 2.98. The van der Waals surface area contributed by atoms with Crippen LogP contribution in [0.1, 0.15) is 39.9 Å². The van der Waals surface area contributed by atoms with E-state index in [1.54, 1.807) is 6.92 Å². The Kier molecular flexibility index (Phi) is 6.67. The molecule has 6 nitrogen and oxygen atoms in total. The molecule has 0 saturated carbocycles. The molecule has 0 aliphatic heterocycles. The first kappa shape index (κ1) is 16.7. The van der Waals surface area contributed by atoms with E-state index in [4.69, 9.17) is 4.74 Å². The number of nitrogens with zero attached hydrogens (tertiary/aromatic N) is 2. The molecular formula is C14H26N4O2. The van der Waals surface area contributed by atoms with Crippen LogP contribution in [0.25, 0.3) is 0 Å². The Hall–Kier alpha value is -1.40. The van der Waals surface area contributed by atoms with Crippen molar-refractivity contribution in [2.75, 3.05) is 30.3 Å². The molecule has 0 aliphatic rings. The number of nitrogens with one attached hydrogen (secondary N) is 2. The molecule has 1 aromatic heterocycles. The van der Waals surface area contributed by atoms with Gasteiger partial charge in [-0.25, -0.2) is 9.97 Å². The van der Waals surface area contributed by atoms with Crippen LogP contribution in [0.3, 0.4) is 0 Å². The second-order valence-corrected chi connectivity index (χ2v) is 4.93. The Morgan fingerprint density at radius 1 is 1.20 bits per heavy atom. The van der Waals surface area contributed by atoms with E-state index in [9.17, 15) is 5.11 Å². The molecule has 0 bridgehead atoms. The number of anilines is 2. The Bertz CT molecular complexity index is 410. The molecule has 1 rings (SSSR count). The zero-order chi connectivity index (χ0) is 15.0. The summed E-state index contributed by atoms with van der Waals surface area (Å²) in [5, 5.41) is 16.3. The summed E-state index contributed by atoms with van der Waals surface area (Å²) in [5.41, 5.74) is -0.747. The molecule has 3 N–H and O–H groups in total. The zero-order valence-corrected chi connectivity index (χ0v) is 12.9. The van der Waals surface area contributed by atoms with Gasteiger partial charge in [0.1, 0.15) is 18.2 Å². The third-order valence-corrected chi connectivity index (χ3v) is 2.98. The zero-order valence-electron chi connectivity index (χ0n) is 12.9. The first-order valence-electron chi connectivity index (χ1n) is 7.16. The van der Waals surface area contributed by atoms with Crippen molar-refractivity contribution in [2.24, 2.45) is 0 Å². The summed E-state index contributed by atoms with van der Waals surface area (Å²) in [4.78, 5) is 8.77. The highest BCUT2D eigenvalue weighted by atomic mass is 16.5. The predicted molar refractivity (Wildman–Crippen MR) is 80.9 cm³/mol. The molecule has 0 aliphatic carbocycles. The van der Waals surface area contributed by atoms with Gasteiger partial charge in [-0.2, -0.15) is 0 Å². The van der Waals surface area contributed by atoms with Crippen molar-refractivity contribution in [1.29, 1.82) is 0 Å². The topological polar surface area (TPSA) is 79.3 Å². The van der Waals surface area contributed by atoms with Gasteiger partial charge in [0.25, 0.3) is 0 Å². The van der Waals surface area contributed by atoms with Gasteiger partial charge in [0, 0.05) is 25.8 Å². The van der Waals surface area contributed by atoms with E-state index in [1.165, 1.54) is 0 Å². The monoisotopic (exact) mass is 282 g/mol. The van der Waals surface area contributed by atoms with Gasteiger partial charge >= 0.3 is 0 Å². The van der Waals surface area contributed by atoms with E-state index < -0.39 is 5.60 Å². The smallest absolute Gasteiger partial charge is 0.158 e. The van der Waals surface area contributed by atoms with Crippen LogP contribution in [0.15, 0.2) is 6.07 Å². The number of aromatic nitrogens is 2. The van der Waals surface area contributed by atoms with Crippen molar-refractivity contribution in [2.45, 2.75) is 46.3 Å². The molecule has 20 heavy (non-hydrogen) atoms. The summed E-state index contributed by atoms with van der Waals surface area (Å²) >= 11 is 0. The Morgan fingerprint density at radius 3 is 2.40 bits per heavy atom. The second-order valence-electron chi connectivity index (χ2n) is 4.93. The molecule has 0 aromatic carbocycles. The Labute approximate surface area is 121 Å². The van der Waals surface area contributed by atoms with E-state index in [2.05, 4.69) is 20.6 Å². The standard InChI is InChI=1S/C14H26N4O2/c1-5-14(4,19)10-16-12-8-11(15-6-2)17-13(18-12)9-20-7-3/h8,19H,5-7,9-10H2,1-4H3,(H2,15,16,17,18). The number of rotatable bonds is 9. The van der Waals surface area contributed by atoms with Crippen LogP contribution in [0, 0.1) is 0 Å². The summed E-state index contributed by atoms with van der Waals surface area (Å²) in [6.45, 7) is 9.94. The van der Waals surface area contributed by atoms with Crippen LogP contribution in [0.5, 0.6) is 0 Å². The maximum atomic E-state index is 10.0. The van der Waals surface area contributed by atoms with Gasteiger partial charge in [-0.15, -0.1) is 0 Å². The summed E-state index contributed by atoms with van der Waals surface area (Å²) in [6.07, 6.45) is 0.678. The van der Waals surface area contributed by atoms with E-state index in [-0.39, 0.29) is 0 Å². The first-order chi connectivity index (χ1) is 9.50. The Balaban J connectivity index is 2.79. The normalized spacial score (nSPS) is 13.8. The molecular weight excluding hydrogens is 256 g/mol. The summed E-state index contributed by atoms with van der Waals surface area (Å²) in [6, 6.07) is 1.84. The number of hydrogen-bond donors (Lipinski definition) is 3. The molecule has 1 aromatic rings. The highest BCUT2D eigenvalue weighted by molar-refractivity contribution is 5.47. The maximum Gasteiger partial charge on any atom is 0.158 e. The number of hydrogen-bond acceptors (Lipinski definition) is 6. The second kappa shape index (κ2) is 8.01. The minimum atomic E-state index is -0.747. The minimum absolute atomic E-state index is 0.384. The third kappa shape index (κ3) is 5.71. The molecule has 6 heteroatoms. The molecule has 1 unspecified atom stereocenters. The SMILES string of the molecule is CCNc1cc(NCC(C)(O)CC)nc(COCC)n1. The fourth-order valence-corrected chi connectivity index (χ4v) is 1.52. The van der Waals surface area contributed by atoms with Crippen molar-refractivity contribution >= 4 is 11.6 Å². The summed E-state index contributed by atoms with van der Waals surface area (Å²) < 4.78 is 5.34. The molecule has 114 valence electrons. The van der Waals surface area contributed by atoms with Crippen LogP contribution in [0.4, 0.5) is 11.6 Å². The largest absolute Gasteiger partial charge is 0.388 e. The van der Waals surface area contributed by atoms with Crippen LogP contribution < -0.4 is 10.6 Å². The van der Waals surface area contributed by atoms with E-state index in [0.717, 1.165) is 12.4 Å². The molecule has 0 fully saturated rings. The lowest BCUT2D eigenvalue weighted by atomic mass is 10.0. The van der Waals surface area contributed by atoms with Crippen LogP contribution in [-0.4, -0.2) is 40.4 Å². The average molecular weight is 282 g/mol. The lowest BCUT2D eigenvalue weighted by Crippen LogP contribution is -2.32. The van der Waals surface area contributed by atoms with E-state index in [0.29, 0.717) is 37.8 Å². The van der Waals surface area contributed by atoms with Gasteiger partial charge in [-0.1, -0.05) is 6.92 Å². The van der Waals surface area contributed by atoms with Gasteiger partial charge in [-0.05, 0) is 27.2 Å². The average Bonchev–Trinajstić information content (AvgIpc) is 2.43. The van der Waals surface area contributed by atoms with Crippen molar-refractivity contribution in [3.63, 3.8) is 0 Å². The lowest BCUT2D eigenvalue weighted by Gasteiger charge is -2.22. The van der Waals surface area contributed by atoms with Gasteiger partial charge in [0.2, 0.25) is 0 Å². The van der Waals surface area contributed by atoms with Crippen molar-refractivity contribution in [3.05, 3.63) is 11.9 Å². The minimum Gasteiger partial charge on any atom is -0.388 e. The molecule has 0 saturated heterocycles. The van der Waals surface area contributed by atoms with E-state index >= 15 is 0 Å². The summed E-state index contributed by atoms with van der Waals surface area (Å²) in [5.74, 6) is 2.08. The predicted octanol–water partition coefficient (Wildman–Crippen LogP) is 2.02. The maximum absolute atomic E-state index is 10.0. The van der Waals surface area contributed by atoms with E-state index in [1.807, 2.05) is 26.8 Å². The van der Waals surface area contributed by atoms with Crippen LogP contribution in [0.2, 0.25) is 0 Å². The fraction of sp³-hybridized carbons (Fsp3) is 0.714. The highest BCUT2D eigenvalue weighted by Crippen LogP contribution is 2.15. The molecule has 1 heterocycles.